The van der Waals surface area contributed by atoms with Gasteiger partial charge in [0.05, 0.1) is 5.56 Å². The molecule has 0 aliphatic rings. The second kappa shape index (κ2) is 3.66. The molecule has 0 atom stereocenters. The Hall–Kier alpha value is -1.36. The maximum Gasteiger partial charge on any atom is 0.205 e. The lowest BCUT2D eigenvalue weighted by Gasteiger charge is -2.02. The zero-order valence-electron chi connectivity index (χ0n) is 8.40. The zero-order chi connectivity index (χ0) is 11.0. The van der Waals surface area contributed by atoms with Crippen LogP contribution >= 0.6 is 12.6 Å². The van der Waals surface area contributed by atoms with Crippen molar-refractivity contribution >= 4 is 12.6 Å². The molecule has 2 aromatic rings. The molecule has 0 aliphatic heterocycles. The highest BCUT2D eigenvalue weighted by molar-refractivity contribution is 7.80. The van der Waals surface area contributed by atoms with Crippen molar-refractivity contribution < 1.29 is 4.39 Å². The van der Waals surface area contributed by atoms with Crippen LogP contribution in [0.1, 0.15) is 5.56 Å². The van der Waals surface area contributed by atoms with Gasteiger partial charge in [0.1, 0.15) is 5.82 Å². The summed E-state index contributed by atoms with van der Waals surface area (Å²) in [7, 11) is 1.71. The van der Waals surface area contributed by atoms with Gasteiger partial charge < -0.3 is 0 Å². The van der Waals surface area contributed by atoms with Gasteiger partial charge in [-0.2, -0.15) is 0 Å². The maximum absolute atomic E-state index is 13.6. The number of hydrogen-bond donors (Lipinski definition) is 1. The van der Waals surface area contributed by atoms with E-state index in [9.17, 15) is 4.39 Å². The summed E-state index contributed by atoms with van der Waals surface area (Å²) in [6.45, 7) is 1.84. The maximum atomic E-state index is 13.6. The molecule has 3 nitrogen and oxygen atoms in total. The first kappa shape index (κ1) is 10.2. The van der Waals surface area contributed by atoms with Crippen molar-refractivity contribution in [3.05, 3.63) is 29.6 Å². The van der Waals surface area contributed by atoms with E-state index in [1.165, 1.54) is 10.7 Å². The fourth-order valence-electron chi connectivity index (χ4n) is 1.41. The van der Waals surface area contributed by atoms with Crippen LogP contribution in [0, 0.1) is 12.7 Å². The normalized spacial score (nSPS) is 10.7. The smallest absolute Gasteiger partial charge is 0.205 e. The Balaban J connectivity index is 2.59. The van der Waals surface area contributed by atoms with Crippen molar-refractivity contribution in [1.82, 2.24) is 14.8 Å². The van der Waals surface area contributed by atoms with Crippen molar-refractivity contribution in [2.24, 2.45) is 7.05 Å². The van der Waals surface area contributed by atoms with Gasteiger partial charge in [0.2, 0.25) is 5.16 Å². The molecule has 1 heterocycles. The van der Waals surface area contributed by atoms with Gasteiger partial charge >= 0.3 is 0 Å². The van der Waals surface area contributed by atoms with Crippen LogP contribution in [0.5, 0.6) is 0 Å². The molecule has 5 heteroatoms. The molecule has 1 aromatic carbocycles. The Morgan fingerprint density at radius 1 is 1.40 bits per heavy atom. The van der Waals surface area contributed by atoms with Gasteiger partial charge in [-0.1, -0.05) is 6.07 Å². The van der Waals surface area contributed by atoms with Crippen LogP contribution in [-0.4, -0.2) is 14.8 Å². The van der Waals surface area contributed by atoms with E-state index in [0.29, 0.717) is 16.5 Å². The first-order chi connectivity index (χ1) is 7.08. The lowest BCUT2D eigenvalue weighted by molar-refractivity contribution is 0.626. The average molecular weight is 223 g/mol. The van der Waals surface area contributed by atoms with Crippen LogP contribution in [0.2, 0.25) is 0 Å². The van der Waals surface area contributed by atoms with Crippen molar-refractivity contribution in [1.29, 1.82) is 0 Å². The molecule has 0 aliphatic carbocycles. The minimum absolute atomic E-state index is 0.293. The van der Waals surface area contributed by atoms with E-state index in [0.717, 1.165) is 5.56 Å². The van der Waals surface area contributed by atoms with Gasteiger partial charge in [-0.25, -0.2) is 14.1 Å². The van der Waals surface area contributed by atoms with E-state index in [2.05, 4.69) is 22.7 Å². The Labute approximate surface area is 92.4 Å². The summed E-state index contributed by atoms with van der Waals surface area (Å²) in [5, 5.41) is 4.29. The van der Waals surface area contributed by atoms with E-state index in [4.69, 9.17) is 0 Å². The largest absolute Gasteiger partial charge is 0.248 e. The minimum atomic E-state index is -0.293. The monoisotopic (exact) mass is 223 g/mol. The molecule has 15 heavy (non-hydrogen) atoms. The van der Waals surface area contributed by atoms with E-state index in [1.54, 1.807) is 13.1 Å². The van der Waals surface area contributed by atoms with Crippen molar-refractivity contribution in [3.8, 4) is 11.4 Å². The third-order valence-corrected chi connectivity index (χ3v) is 2.31. The first-order valence-electron chi connectivity index (χ1n) is 4.44. The molecule has 0 saturated heterocycles. The molecular weight excluding hydrogens is 213 g/mol. The SMILES string of the molecule is Cc1ccc(-c2nc(S)nn2C)c(F)c1. The van der Waals surface area contributed by atoms with Crippen LogP contribution in [-0.2, 0) is 7.05 Å². The van der Waals surface area contributed by atoms with Gasteiger partial charge in [0, 0.05) is 7.05 Å². The van der Waals surface area contributed by atoms with E-state index in [-0.39, 0.29) is 5.82 Å². The lowest BCUT2D eigenvalue weighted by atomic mass is 10.1. The van der Waals surface area contributed by atoms with Crippen LogP contribution in [0.3, 0.4) is 0 Å². The number of thiol groups is 1. The predicted octanol–water partition coefficient (Wildman–Crippen LogP) is 2.22. The summed E-state index contributed by atoms with van der Waals surface area (Å²) in [4.78, 5) is 4.05. The van der Waals surface area contributed by atoms with Crippen LogP contribution < -0.4 is 0 Å². The zero-order valence-corrected chi connectivity index (χ0v) is 9.29. The molecule has 0 fully saturated rings. The highest BCUT2D eigenvalue weighted by Gasteiger charge is 2.11. The number of benzene rings is 1. The first-order valence-corrected chi connectivity index (χ1v) is 4.89. The van der Waals surface area contributed by atoms with E-state index < -0.39 is 0 Å². The molecule has 0 unspecified atom stereocenters. The van der Waals surface area contributed by atoms with Gasteiger partial charge in [0.15, 0.2) is 5.82 Å². The number of nitrogens with zero attached hydrogens (tertiary/aromatic N) is 3. The molecule has 0 radical (unpaired) electrons. The molecule has 0 N–H and O–H groups in total. The van der Waals surface area contributed by atoms with Crippen LogP contribution in [0.4, 0.5) is 4.39 Å². The Bertz CT molecular complexity index is 507. The predicted molar refractivity (Wildman–Crippen MR) is 58.4 cm³/mol. The molecule has 1 aromatic heterocycles. The number of hydrogen-bond acceptors (Lipinski definition) is 3. The standard InChI is InChI=1S/C10H10FN3S/c1-6-3-4-7(8(11)5-6)9-12-10(15)13-14(9)2/h3-5H,1-2H3,(H,13,15). The molecule has 0 bridgehead atoms. The number of halogens is 1. The summed E-state index contributed by atoms with van der Waals surface area (Å²) in [5.41, 5.74) is 1.32. The number of rotatable bonds is 1. The minimum Gasteiger partial charge on any atom is -0.248 e. The summed E-state index contributed by atoms with van der Waals surface area (Å²) in [5.74, 6) is 0.191. The fourth-order valence-corrected chi connectivity index (χ4v) is 1.64. The Kier molecular flexibility index (Phi) is 2.48. The molecule has 2 rings (SSSR count). The lowest BCUT2D eigenvalue weighted by Crippen LogP contribution is -1.96. The van der Waals surface area contributed by atoms with Crippen molar-refractivity contribution in [3.63, 3.8) is 0 Å². The molecule has 0 amide bonds. The Morgan fingerprint density at radius 3 is 2.67 bits per heavy atom. The fraction of sp³-hybridized carbons (Fsp3) is 0.200. The third-order valence-electron chi connectivity index (χ3n) is 2.12. The van der Waals surface area contributed by atoms with Crippen molar-refractivity contribution in [2.75, 3.05) is 0 Å². The number of aromatic nitrogens is 3. The van der Waals surface area contributed by atoms with E-state index >= 15 is 0 Å². The summed E-state index contributed by atoms with van der Waals surface area (Å²) in [6.07, 6.45) is 0. The van der Waals surface area contributed by atoms with Crippen LogP contribution in [0.25, 0.3) is 11.4 Å². The second-order valence-electron chi connectivity index (χ2n) is 3.34. The second-order valence-corrected chi connectivity index (χ2v) is 3.74. The van der Waals surface area contributed by atoms with E-state index in [1.807, 2.05) is 13.0 Å². The van der Waals surface area contributed by atoms with Gasteiger partial charge in [-0.3, -0.25) is 0 Å². The van der Waals surface area contributed by atoms with Crippen molar-refractivity contribution in [2.45, 2.75) is 12.1 Å². The summed E-state index contributed by atoms with van der Waals surface area (Å²) in [6, 6.07) is 5.01. The molecule has 0 saturated carbocycles. The highest BCUT2D eigenvalue weighted by Crippen LogP contribution is 2.21. The Morgan fingerprint density at radius 2 is 2.13 bits per heavy atom. The molecular formula is C10H10FN3S. The molecule has 78 valence electrons. The third kappa shape index (κ3) is 1.87. The summed E-state index contributed by atoms with van der Waals surface area (Å²) < 4.78 is 15.1. The van der Waals surface area contributed by atoms with Gasteiger partial charge in [-0.05, 0) is 24.6 Å². The average Bonchev–Trinajstić information content (AvgIpc) is 2.45. The summed E-state index contributed by atoms with van der Waals surface area (Å²) >= 11 is 4.01. The topological polar surface area (TPSA) is 30.7 Å². The quantitative estimate of drug-likeness (QED) is 0.751. The van der Waals surface area contributed by atoms with Gasteiger partial charge in [-0.15, -0.1) is 17.7 Å². The highest BCUT2D eigenvalue weighted by atomic mass is 32.1. The van der Waals surface area contributed by atoms with Crippen LogP contribution in [0.15, 0.2) is 23.4 Å². The molecule has 0 spiro atoms. The van der Waals surface area contributed by atoms with Gasteiger partial charge in [0.25, 0.3) is 0 Å². The number of aryl methyl sites for hydroxylation is 2.